The van der Waals surface area contributed by atoms with Gasteiger partial charge in [0.05, 0.1) is 0 Å². The van der Waals surface area contributed by atoms with Gasteiger partial charge in [-0.15, -0.1) is 39.5 Å². The molecule has 16 heavy (non-hydrogen) atoms. The molecular formula is C3H3F9O3Sc. The van der Waals surface area contributed by atoms with Crippen molar-refractivity contribution in [3.63, 3.8) is 0 Å². The van der Waals surface area contributed by atoms with Crippen LogP contribution in [0.1, 0.15) is 0 Å². The molecule has 13 heteroatoms. The summed E-state index contributed by atoms with van der Waals surface area (Å²) in [5.74, 6) is 0. The fraction of sp³-hybridized carbons (Fsp3) is 1.00. The molecule has 0 saturated carbocycles. The minimum Gasteiger partial charge on any atom is -0.308 e. The zero-order valence-corrected chi connectivity index (χ0v) is 8.62. The van der Waals surface area contributed by atoms with Crippen molar-refractivity contribution in [1.82, 2.24) is 0 Å². The number of alkyl halides is 9. The van der Waals surface area contributed by atoms with Gasteiger partial charge in [-0.1, -0.05) is 0 Å². The van der Waals surface area contributed by atoms with Gasteiger partial charge in [0.15, 0.2) is 0 Å². The Morgan fingerprint density at radius 2 is 0.438 bits per heavy atom. The van der Waals surface area contributed by atoms with Crippen LogP contribution >= 0.6 is 0 Å². The molecular weight excluding hydrogens is 300 g/mol. The molecule has 3 nitrogen and oxygen atoms in total. The molecule has 3 N–H and O–H groups in total. The molecule has 0 rings (SSSR count). The number of aliphatic hydroxyl groups is 3. The van der Waals surface area contributed by atoms with Crippen molar-refractivity contribution in [2.24, 2.45) is 0 Å². The van der Waals surface area contributed by atoms with Crippen LogP contribution in [-0.2, 0) is 25.8 Å². The molecule has 0 aromatic rings. The average Bonchev–Trinajstić information content (AvgIpc) is 1.41. The topological polar surface area (TPSA) is 60.7 Å². The van der Waals surface area contributed by atoms with Gasteiger partial charge >= 0.3 is 19.1 Å². The van der Waals surface area contributed by atoms with Crippen LogP contribution in [0, 0.1) is 0 Å². The zero-order valence-electron chi connectivity index (χ0n) is 6.82. The number of hydrogen-bond acceptors (Lipinski definition) is 3. The summed E-state index contributed by atoms with van der Waals surface area (Å²) in [6.07, 6.45) is -15.0. The standard InChI is InChI=1S/3CHF3O.Sc/c3*2-1(3,4)5;/h3*5H;. The van der Waals surface area contributed by atoms with Crippen LogP contribution in [0.15, 0.2) is 0 Å². The van der Waals surface area contributed by atoms with Gasteiger partial charge in [-0.2, -0.15) is 0 Å². The van der Waals surface area contributed by atoms with E-state index in [1.54, 1.807) is 0 Å². The van der Waals surface area contributed by atoms with Gasteiger partial charge in [0.25, 0.3) is 0 Å². The molecule has 1 radical (unpaired) electrons. The van der Waals surface area contributed by atoms with Crippen LogP contribution in [0.4, 0.5) is 39.5 Å². The Morgan fingerprint density at radius 1 is 0.438 bits per heavy atom. The Labute approximate surface area is 100 Å². The minimum absolute atomic E-state index is 0. The summed E-state index contributed by atoms with van der Waals surface area (Å²) in [7, 11) is 0. The molecule has 0 bridgehead atoms. The number of hydrogen-bond donors (Lipinski definition) is 3. The SMILES string of the molecule is OC(F)(F)F.OC(F)(F)F.OC(F)(F)F.[Sc]. The van der Waals surface area contributed by atoms with E-state index in [1.807, 2.05) is 0 Å². The van der Waals surface area contributed by atoms with Crippen molar-refractivity contribution >= 4 is 0 Å². The second kappa shape index (κ2) is 9.18. The molecule has 0 heterocycles. The van der Waals surface area contributed by atoms with Crippen LogP contribution in [0.5, 0.6) is 0 Å². The second-order valence-corrected chi connectivity index (χ2v) is 1.40. The average molecular weight is 303 g/mol. The molecule has 0 aliphatic heterocycles. The summed E-state index contributed by atoms with van der Waals surface area (Å²) >= 11 is 0. The van der Waals surface area contributed by atoms with E-state index in [2.05, 4.69) is 0 Å². The molecule has 0 unspecified atom stereocenters. The maximum Gasteiger partial charge on any atom is 0.519 e. The Bertz CT molecular complexity index is 101. The first-order valence-electron chi connectivity index (χ1n) is 2.37. The van der Waals surface area contributed by atoms with Gasteiger partial charge in [-0.3, -0.25) is 0 Å². The largest absolute Gasteiger partial charge is 0.519 e. The van der Waals surface area contributed by atoms with E-state index in [0.29, 0.717) is 0 Å². The van der Waals surface area contributed by atoms with Crippen molar-refractivity contribution in [3.05, 3.63) is 0 Å². The first-order chi connectivity index (χ1) is 6.00. The number of rotatable bonds is 0. The van der Waals surface area contributed by atoms with E-state index in [0.717, 1.165) is 0 Å². The van der Waals surface area contributed by atoms with Gasteiger partial charge < -0.3 is 15.3 Å². The smallest absolute Gasteiger partial charge is 0.308 e. The summed E-state index contributed by atoms with van der Waals surface area (Å²) in [5.41, 5.74) is 0. The third-order valence-corrected chi connectivity index (χ3v) is 0. The van der Waals surface area contributed by atoms with E-state index in [4.69, 9.17) is 15.3 Å². The van der Waals surface area contributed by atoms with Gasteiger partial charge in [0.1, 0.15) is 0 Å². The Kier molecular flexibility index (Phi) is 14.4. The maximum absolute atomic E-state index is 9.91. The Balaban J connectivity index is -0.0000000655. The van der Waals surface area contributed by atoms with E-state index in [1.165, 1.54) is 0 Å². The van der Waals surface area contributed by atoms with Crippen LogP contribution in [-0.4, -0.2) is 34.4 Å². The van der Waals surface area contributed by atoms with E-state index < -0.39 is 19.1 Å². The van der Waals surface area contributed by atoms with Gasteiger partial charge in [-0.25, -0.2) is 0 Å². The third-order valence-electron chi connectivity index (χ3n) is 0. The molecule has 0 aromatic heterocycles. The minimum atomic E-state index is -5.00. The molecule has 0 saturated heterocycles. The number of halogens is 9. The van der Waals surface area contributed by atoms with Crippen LogP contribution in [0.3, 0.4) is 0 Å². The molecule has 0 aliphatic rings. The van der Waals surface area contributed by atoms with E-state index in [9.17, 15) is 39.5 Å². The monoisotopic (exact) mass is 303 g/mol. The van der Waals surface area contributed by atoms with E-state index >= 15 is 0 Å². The molecule has 99 valence electrons. The summed E-state index contributed by atoms with van der Waals surface area (Å²) in [6.45, 7) is 0. The first kappa shape index (κ1) is 25.1. The van der Waals surface area contributed by atoms with E-state index in [-0.39, 0.29) is 25.8 Å². The quantitative estimate of drug-likeness (QED) is 0.594. The van der Waals surface area contributed by atoms with Crippen LogP contribution in [0.25, 0.3) is 0 Å². The predicted octanol–water partition coefficient (Wildman–Crippen LogP) is 1.49. The van der Waals surface area contributed by atoms with Gasteiger partial charge in [-0.05, 0) is 0 Å². The molecule has 0 atom stereocenters. The Morgan fingerprint density at radius 3 is 0.438 bits per heavy atom. The van der Waals surface area contributed by atoms with Crippen molar-refractivity contribution < 1.29 is 80.7 Å². The Hall–Kier alpha value is 0.120. The summed E-state index contributed by atoms with van der Waals surface area (Å²) in [4.78, 5) is 0. The summed E-state index contributed by atoms with van der Waals surface area (Å²) in [6, 6.07) is 0. The fourth-order valence-corrected chi connectivity index (χ4v) is 0. The van der Waals surface area contributed by atoms with Crippen LogP contribution in [0.2, 0.25) is 0 Å². The zero-order chi connectivity index (χ0) is 13.5. The molecule has 0 aliphatic carbocycles. The fourth-order valence-electron chi connectivity index (χ4n) is 0. The molecule has 0 amide bonds. The molecule has 0 spiro atoms. The van der Waals surface area contributed by atoms with Crippen LogP contribution < -0.4 is 0 Å². The van der Waals surface area contributed by atoms with Crippen molar-refractivity contribution in [2.45, 2.75) is 19.1 Å². The van der Waals surface area contributed by atoms with Crippen molar-refractivity contribution in [3.8, 4) is 0 Å². The second-order valence-electron chi connectivity index (χ2n) is 1.40. The maximum atomic E-state index is 9.91. The summed E-state index contributed by atoms with van der Waals surface area (Å²) < 4.78 is 89.2. The normalized spacial score (nSPS) is 11.2. The van der Waals surface area contributed by atoms with Gasteiger partial charge in [0, 0.05) is 25.8 Å². The van der Waals surface area contributed by atoms with Gasteiger partial charge in [0.2, 0.25) is 0 Å². The molecule has 0 aromatic carbocycles. The summed E-state index contributed by atoms with van der Waals surface area (Å²) in [5, 5.41) is 19.6. The molecule has 0 fully saturated rings. The van der Waals surface area contributed by atoms with Crippen molar-refractivity contribution in [2.75, 3.05) is 0 Å². The third kappa shape index (κ3) is 168000. The predicted molar refractivity (Wildman–Crippen MR) is 24.8 cm³/mol. The first-order valence-corrected chi connectivity index (χ1v) is 2.37. The van der Waals surface area contributed by atoms with Crippen molar-refractivity contribution in [1.29, 1.82) is 0 Å².